The third kappa shape index (κ3) is 6.18. The first-order chi connectivity index (χ1) is 15.5. The van der Waals surface area contributed by atoms with E-state index in [4.69, 9.17) is 4.74 Å². The molecular formula is C28H46ClN3O. The Hall–Kier alpha value is -0.970. The zero-order valence-electron chi connectivity index (χ0n) is 21.2. The number of hydrogen-bond acceptors (Lipinski definition) is 4. The summed E-state index contributed by atoms with van der Waals surface area (Å²) in [5.41, 5.74) is 5.14. The number of nitrogens with zero attached hydrogens (tertiary/aromatic N) is 3. The lowest BCUT2D eigenvalue weighted by Crippen LogP contribution is -2.47. The number of ether oxygens (including phenoxy) is 1. The monoisotopic (exact) mass is 475 g/mol. The maximum Gasteiger partial charge on any atom is 0.0605 e. The fraction of sp³-hybridized carbons (Fsp3) is 0.786. The molecule has 0 N–H and O–H groups in total. The van der Waals surface area contributed by atoms with Gasteiger partial charge in [0.2, 0.25) is 0 Å². The Morgan fingerprint density at radius 2 is 1.52 bits per heavy atom. The highest BCUT2D eigenvalue weighted by Crippen LogP contribution is 2.46. The summed E-state index contributed by atoms with van der Waals surface area (Å²) in [4.78, 5) is 8.02. The van der Waals surface area contributed by atoms with Gasteiger partial charge in [0.1, 0.15) is 0 Å². The van der Waals surface area contributed by atoms with E-state index in [0.29, 0.717) is 11.5 Å². The van der Waals surface area contributed by atoms with Gasteiger partial charge in [0, 0.05) is 64.3 Å². The molecule has 0 aromatic heterocycles. The van der Waals surface area contributed by atoms with Crippen molar-refractivity contribution >= 4 is 23.8 Å². The largest absolute Gasteiger partial charge is 0.381 e. The van der Waals surface area contributed by atoms with Crippen LogP contribution < -0.4 is 9.80 Å². The average molecular weight is 476 g/mol. The highest BCUT2D eigenvalue weighted by Gasteiger charge is 2.32. The van der Waals surface area contributed by atoms with Crippen molar-refractivity contribution < 1.29 is 4.74 Å². The molecule has 2 heterocycles. The number of piperazine rings is 1. The molecule has 2 saturated carbocycles. The summed E-state index contributed by atoms with van der Waals surface area (Å²) >= 11 is 0. The van der Waals surface area contributed by atoms with Crippen LogP contribution in [0.2, 0.25) is 0 Å². The zero-order valence-corrected chi connectivity index (χ0v) is 22.0. The zero-order chi connectivity index (χ0) is 22.1. The molecule has 2 aliphatic carbocycles. The Bertz CT molecular complexity index is 754. The van der Waals surface area contributed by atoms with Crippen molar-refractivity contribution in [2.24, 2.45) is 11.3 Å². The van der Waals surface area contributed by atoms with E-state index in [-0.39, 0.29) is 12.4 Å². The van der Waals surface area contributed by atoms with Gasteiger partial charge in [-0.05, 0) is 92.4 Å². The SMILES string of the molecule is COC1CCN(c2ccc(N3CCN(CC4CC4)CC3)c(C3CCC(C)(C)CC3)c2)CC1.Cl. The first-order valence-corrected chi connectivity index (χ1v) is 13.4. The molecule has 2 aliphatic heterocycles. The van der Waals surface area contributed by atoms with Gasteiger partial charge in [-0.3, -0.25) is 4.90 Å². The maximum atomic E-state index is 5.61. The maximum absolute atomic E-state index is 5.61. The highest BCUT2D eigenvalue weighted by atomic mass is 35.5. The molecule has 0 atom stereocenters. The van der Waals surface area contributed by atoms with Crippen LogP contribution in [0.15, 0.2) is 18.2 Å². The van der Waals surface area contributed by atoms with Gasteiger partial charge in [0.05, 0.1) is 6.10 Å². The van der Waals surface area contributed by atoms with Crippen LogP contribution in [-0.4, -0.2) is 63.9 Å². The van der Waals surface area contributed by atoms with Crippen molar-refractivity contribution in [1.82, 2.24) is 4.90 Å². The second-order valence-corrected chi connectivity index (χ2v) is 11.8. The van der Waals surface area contributed by atoms with Gasteiger partial charge in [0.25, 0.3) is 0 Å². The van der Waals surface area contributed by atoms with Crippen molar-refractivity contribution in [3.8, 4) is 0 Å². The van der Waals surface area contributed by atoms with Gasteiger partial charge in [-0.25, -0.2) is 0 Å². The molecular weight excluding hydrogens is 430 g/mol. The summed E-state index contributed by atoms with van der Waals surface area (Å²) in [6.45, 7) is 13.4. The van der Waals surface area contributed by atoms with E-state index in [0.717, 1.165) is 37.8 Å². The minimum Gasteiger partial charge on any atom is -0.381 e. The number of methoxy groups -OCH3 is 1. The summed E-state index contributed by atoms with van der Waals surface area (Å²) in [6.07, 6.45) is 11.1. The van der Waals surface area contributed by atoms with Crippen molar-refractivity contribution in [2.75, 3.05) is 62.7 Å². The second-order valence-electron chi connectivity index (χ2n) is 11.8. The van der Waals surface area contributed by atoms with Crippen LogP contribution in [0.1, 0.15) is 76.7 Å². The molecule has 4 fully saturated rings. The number of piperidine rings is 1. The van der Waals surface area contributed by atoms with Crippen molar-refractivity contribution in [1.29, 1.82) is 0 Å². The minimum absolute atomic E-state index is 0. The van der Waals surface area contributed by atoms with Crippen LogP contribution in [0.4, 0.5) is 11.4 Å². The third-order valence-electron chi connectivity index (χ3n) is 8.86. The smallest absolute Gasteiger partial charge is 0.0605 e. The number of rotatable bonds is 6. The quantitative estimate of drug-likeness (QED) is 0.506. The van der Waals surface area contributed by atoms with E-state index >= 15 is 0 Å². The van der Waals surface area contributed by atoms with Crippen LogP contribution in [0.3, 0.4) is 0 Å². The Morgan fingerprint density at radius 3 is 2.12 bits per heavy atom. The van der Waals surface area contributed by atoms with Gasteiger partial charge in [-0.1, -0.05) is 13.8 Å². The summed E-state index contributed by atoms with van der Waals surface area (Å²) in [6, 6.07) is 7.47. The molecule has 1 aromatic rings. The normalized spacial score (nSPS) is 25.2. The number of halogens is 1. The molecule has 4 aliphatic rings. The lowest BCUT2D eigenvalue weighted by molar-refractivity contribution is 0.0819. The van der Waals surface area contributed by atoms with Gasteiger partial charge >= 0.3 is 0 Å². The number of benzene rings is 1. The van der Waals surface area contributed by atoms with Crippen LogP contribution >= 0.6 is 12.4 Å². The molecule has 2 saturated heterocycles. The van der Waals surface area contributed by atoms with Crippen LogP contribution in [-0.2, 0) is 4.74 Å². The van der Waals surface area contributed by atoms with E-state index in [2.05, 4.69) is 46.7 Å². The molecule has 4 nitrogen and oxygen atoms in total. The van der Waals surface area contributed by atoms with Crippen LogP contribution in [0.25, 0.3) is 0 Å². The Kier molecular flexibility index (Phi) is 8.18. The minimum atomic E-state index is 0. The molecule has 0 radical (unpaired) electrons. The highest BCUT2D eigenvalue weighted by molar-refractivity contribution is 5.85. The first-order valence-electron chi connectivity index (χ1n) is 13.4. The van der Waals surface area contributed by atoms with E-state index in [1.165, 1.54) is 82.6 Å². The van der Waals surface area contributed by atoms with E-state index in [1.54, 1.807) is 5.56 Å². The summed E-state index contributed by atoms with van der Waals surface area (Å²) in [5, 5.41) is 0. The Labute approximate surface area is 208 Å². The van der Waals surface area contributed by atoms with Crippen LogP contribution in [0.5, 0.6) is 0 Å². The number of hydrogen-bond donors (Lipinski definition) is 0. The molecule has 186 valence electrons. The summed E-state index contributed by atoms with van der Waals surface area (Å²) in [7, 11) is 1.86. The predicted octanol–water partition coefficient (Wildman–Crippen LogP) is 5.94. The Morgan fingerprint density at radius 1 is 0.848 bits per heavy atom. The van der Waals surface area contributed by atoms with E-state index < -0.39 is 0 Å². The van der Waals surface area contributed by atoms with Crippen molar-refractivity contribution in [2.45, 2.75) is 77.2 Å². The van der Waals surface area contributed by atoms with E-state index in [1.807, 2.05) is 7.11 Å². The molecule has 0 bridgehead atoms. The number of anilines is 2. The summed E-state index contributed by atoms with van der Waals surface area (Å²) < 4.78 is 5.61. The van der Waals surface area contributed by atoms with Gasteiger partial charge in [-0.2, -0.15) is 0 Å². The third-order valence-corrected chi connectivity index (χ3v) is 8.86. The molecule has 0 amide bonds. The van der Waals surface area contributed by atoms with Gasteiger partial charge < -0.3 is 14.5 Å². The second kappa shape index (κ2) is 10.7. The average Bonchev–Trinajstić information content (AvgIpc) is 3.63. The van der Waals surface area contributed by atoms with Gasteiger partial charge in [-0.15, -0.1) is 12.4 Å². The van der Waals surface area contributed by atoms with E-state index in [9.17, 15) is 0 Å². The molecule has 0 spiro atoms. The first kappa shape index (κ1) is 25.1. The predicted molar refractivity (Wildman–Crippen MR) is 142 cm³/mol. The topological polar surface area (TPSA) is 19.0 Å². The van der Waals surface area contributed by atoms with Gasteiger partial charge in [0.15, 0.2) is 0 Å². The summed E-state index contributed by atoms with van der Waals surface area (Å²) in [5.74, 6) is 1.73. The van der Waals surface area contributed by atoms with Crippen molar-refractivity contribution in [3.63, 3.8) is 0 Å². The lowest BCUT2D eigenvalue weighted by atomic mass is 9.71. The van der Waals surface area contributed by atoms with Crippen LogP contribution in [0, 0.1) is 11.3 Å². The molecule has 33 heavy (non-hydrogen) atoms. The molecule has 1 aromatic carbocycles. The molecule has 0 unspecified atom stereocenters. The fourth-order valence-electron chi connectivity index (χ4n) is 6.25. The Balaban J connectivity index is 0.00000259. The standard InChI is InChI=1S/C28H45N3O.ClH/c1-28(2)12-8-23(9-13-28)26-20-24(30-14-10-25(32-3)11-15-30)6-7-27(26)31-18-16-29(17-19-31)21-22-4-5-22;/h6-7,20,22-23,25H,4-5,8-19,21H2,1-3H3;1H. The lowest BCUT2D eigenvalue weighted by Gasteiger charge is -2.40. The van der Waals surface area contributed by atoms with Crippen molar-refractivity contribution in [3.05, 3.63) is 23.8 Å². The molecule has 5 heteroatoms. The fourth-order valence-corrected chi connectivity index (χ4v) is 6.25. The molecule has 5 rings (SSSR count).